The minimum atomic E-state index is -0.0176. The van der Waals surface area contributed by atoms with Crippen LogP contribution < -0.4 is 5.56 Å². The van der Waals surface area contributed by atoms with Crippen LogP contribution in [0.4, 0.5) is 0 Å². The van der Waals surface area contributed by atoms with Crippen LogP contribution in [0.3, 0.4) is 0 Å². The van der Waals surface area contributed by atoms with E-state index in [2.05, 4.69) is 19.9 Å². The molecule has 0 unspecified atom stereocenters. The lowest BCUT2D eigenvalue weighted by molar-refractivity contribution is 0.242. The number of H-pyrrole nitrogens is 2. The number of fused-ring (bicyclic) bond motifs is 2. The lowest BCUT2D eigenvalue weighted by Gasteiger charge is -2.27. The van der Waals surface area contributed by atoms with Gasteiger partial charge in [0, 0.05) is 48.2 Å². The lowest BCUT2D eigenvalue weighted by Crippen LogP contribution is -2.35. The Bertz CT molecular complexity index is 965. The van der Waals surface area contributed by atoms with Crippen molar-refractivity contribution in [2.45, 2.75) is 24.7 Å². The first-order valence-electron chi connectivity index (χ1n) is 7.78. The Labute approximate surface area is 148 Å². The zero-order valence-electron chi connectivity index (χ0n) is 13.2. The number of nitrogens with zero attached hydrogens (tertiary/aromatic N) is 2. The van der Waals surface area contributed by atoms with Crippen molar-refractivity contribution in [3.05, 3.63) is 56.6 Å². The molecule has 3 aromatic rings. The maximum atomic E-state index is 12.3. The zero-order valence-corrected chi connectivity index (χ0v) is 14.8. The Hall–Kier alpha value is -1.76. The van der Waals surface area contributed by atoms with Gasteiger partial charge in [0.05, 0.1) is 11.3 Å². The number of nitrogens with one attached hydrogen (secondary N) is 2. The Kier molecular flexibility index (Phi) is 4.12. The number of aromatic nitrogens is 3. The molecule has 0 fully saturated rings. The van der Waals surface area contributed by atoms with Gasteiger partial charge in [0.2, 0.25) is 0 Å². The van der Waals surface area contributed by atoms with Gasteiger partial charge in [-0.2, -0.15) is 0 Å². The second kappa shape index (κ2) is 6.27. The molecule has 0 amide bonds. The summed E-state index contributed by atoms with van der Waals surface area (Å²) in [7, 11) is 0. The van der Waals surface area contributed by atoms with E-state index in [1.807, 2.05) is 30.7 Å². The van der Waals surface area contributed by atoms with Crippen LogP contribution in [-0.2, 0) is 19.5 Å². The SMILES string of the molecule is CSc1nc2c(c(=O)[nH]1)CN(Cc1c[nH]c3ccc(Cl)cc13)CC2. The number of hydrogen-bond acceptors (Lipinski definition) is 4. The molecule has 124 valence electrons. The first kappa shape index (κ1) is 15.7. The van der Waals surface area contributed by atoms with E-state index in [9.17, 15) is 4.79 Å². The van der Waals surface area contributed by atoms with Crippen molar-refractivity contribution in [3.63, 3.8) is 0 Å². The van der Waals surface area contributed by atoms with Crippen molar-refractivity contribution < 1.29 is 0 Å². The number of aromatic amines is 2. The third-order valence-corrected chi connectivity index (χ3v) is 5.26. The summed E-state index contributed by atoms with van der Waals surface area (Å²) in [6.07, 6.45) is 4.74. The van der Waals surface area contributed by atoms with Crippen molar-refractivity contribution in [2.75, 3.05) is 12.8 Å². The maximum Gasteiger partial charge on any atom is 0.256 e. The third-order valence-electron chi connectivity index (χ3n) is 4.44. The molecule has 0 atom stereocenters. The van der Waals surface area contributed by atoms with E-state index < -0.39 is 0 Å². The van der Waals surface area contributed by atoms with Crippen LogP contribution in [0.1, 0.15) is 16.8 Å². The standard InChI is InChI=1S/C17H17ClN4OS/c1-24-17-20-15-4-5-22(9-13(15)16(23)21-17)8-10-7-19-14-3-2-11(18)6-12(10)14/h2-3,6-7,19H,4-5,8-9H2,1H3,(H,20,21,23). The quantitative estimate of drug-likeness (QED) is 0.556. The van der Waals surface area contributed by atoms with E-state index in [1.54, 1.807) is 0 Å². The van der Waals surface area contributed by atoms with Crippen molar-refractivity contribution >= 4 is 34.3 Å². The smallest absolute Gasteiger partial charge is 0.256 e. The van der Waals surface area contributed by atoms with Crippen LogP contribution in [0.5, 0.6) is 0 Å². The fraction of sp³-hybridized carbons (Fsp3) is 0.294. The first-order chi connectivity index (χ1) is 11.6. The fourth-order valence-electron chi connectivity index (χ4n) is 3.21. The summed E-state index contributed by atoms with van der Waals surface area (Å²) >= 11 is 7.59. The van der Waals surface area contributed by atoms with Crippen LogP contribution in [0, 0.1) is 0 Å². The number of hydrogen-bond donors (Lipinski definition) is 2. The normalized spacial score (nSPS) is 14.9. The fourth-order valence-corrected chi connectivity index (χ4v) is 3.78. The molecule has 0 spiro atoms. The van der Waals surface area contributed by atoms with Gasteiger partial charge in [-0.05, 0) is 30.0 Å². The molecule has 2 aromatic heterocycles. The number of thioether (sulfide) groups is 1. The Morgan fingerprint density at radius 3 is 3.12 bits per heavy atom. The summed E-state index contributed by atoms with van der Waals surface area (Å²) in [6, 6.07) is 5.86. The van der Waals surface area contributed by atoms with E-state index in [4.69, 9.17) is 11.6 Å². The number of halogens is 1. The van der Waals surface area contributed by atoms with E-state index >= 15 is 0 Å². The largest absolute Gasteiger partial charge is 0.361 e. The molecule has 0 saturated heterocycles. The Balaban J connectivity index is 1.61. The summed E-state index contributed by atoms with van der Waals surface area (Å²) in [4.78, 5) is 25.2. The molecule has 3 heterocycles. The third kappa shape index (κ3) is 2.85. The monoisotopic (exact) mass is 360 g/mol. The average molecular weight is 361 g/mol. The predicted octanol–water partition coefficient (Wildman–Crippen LogP) is 3.18. The molecule has 1 aromatic carbocycles. The molecule has 0 aliphatic carbocycles. The molecule has 1 aliphatic rings. The van der Waals surface area contributed by atoms with Crippen molar-refractivity contribution in [1.29, 1.82) is 0 Å². The van der Waals surface area contributed by atoms with Gasteiger partial charge in [-0.15, -0.1) is 0 Å². The van der Waals surface area contributed by atoms with E-state index in [-0.39, 0.29) is 5.56 Å². The van der Waals surface area contributed by atoms with Crippen LogP contribution in [0.2, 0.25) is 5.02 Å². The molecular weight excluding hydrogens is 344 g/mol. The van der Waals surface area contributed by atoms with Crippen LogP contribution in [-0.4, -0.2) is 32.7 Å². The highest BCUT2D eigenvalue weighted by atomic mass is 35.5. The minimum Gasteiger partial charge on any atom is -0.361 e. The van der Waals surface area contributed by atoms with Gasteiger partial charge >= 0.3 is 0 Å². The molecule has 0 bridgehead atoms. The molecular formula is C17H17ClN4OS. The van der Waals surface area contributed by atoms with Crippen molar-refractivity contribution in [1.82, 2.24) is 19.9 Å². The predicted molar refractivity (Wildman–Crippen MR) is 97.8 cm³/mol. The van der Waals surface area contributed by atoms with Crippen LogP contribution >= 0.6 is 23.4 Å². The first-order valence-corrected chi connectivity index (χ1v) is 9.38. The minimum absolute atomic E-state index is 0.0176. The van der Waals surface area contributed by atoms with Gasteiger partial charge in [0.1, 0.15) is 0 Å². The Morgan fingerprint density at radius 1 is 1.42 bits per heavy atom. The van der Waals surface area contributed by atoms with Gasteiger partial charge in [0.25, 0.3) is 5.56 Å². The second-order valence-corrected chi connectivity index (χ2v) is 7.20. The maximum absolute atomic E-state index is 12.3. The zero-order chi connectivity index (χ0) is 16.7. The highest BCUT2D eigenvalue weighted by molar-refractivity contribution is 7.98. The van der Waals surface area contributed by atoms with E-state index in [0.29, 0.717) is 11.7 Å². The molecule has 0 radical (unpaired) electrons. The van der Waals surface area contributed by atoms with Crippen molar-refractivity contribution in [2.24, 2.45) is 0 Å². The average Bonchev–Trinajstić information content (AvgIpc) is 2.97. The van der Waals surface area contributed by atoms with Gasteiger partial charge in [-0.3, -0.25) is 9.69 Å². The summed E-state index contributed by atoms with van der Waals surface area (Å²) in [5.41, 5.74) is 3.98. The molecule has 7 heteroatoms. The van der Waals surface area contributed by atoms with Gasteiger partial charge in [-0.25, -0.2) is 4.98 Å². The van der Waals surface area contributed by atoms with Crippen molar-refractivity contribution in [3.8, 4) is 0 Å². The summed E-state index contributed by atoms with van der Waals surface area (Å²) in [6.45, 7) is 2.30. The number of benzene rings is 1. The summed E-state index contributed by atoms with van der Waals surface area (Å²) in [5, 5.41) is 2.56. The summed E-state index contributed by atoms with van der Waals surface area (Å²) < 4.78 is 0. The molecule has 0 saturated carbocycles. The van der Waals surface area contributed by atoms with Gasteiger partial charge in [0.15, 0.2) is 5.16 Å². The van der Waals surface area contributed by atoms with E-state index in [1.165, 1.54) is 17.3 Å². The van der Waals surface area contributed by atoms with Gasteiger partial charge in [-0.1, -0.05) is 23.4 Å². The second-order valence-electron chi connectivity index (χ2n) is 5.96. The number of rotatable bonds is 3. The van der Waals surface area contributed by atoms with Crippen LogP contribution in [0.25, 0.3) is 10.9 Å². The van der Waals surface area contributed by atoms with Gasteiger partial charge < -0.3 is 9.97 Å². The Morgan fingerprint density at radius 2 is 2.29 bits per heavy atom. The molecule has 1 aliphatic heterocycles. The molecule has 5 nitrogen and oxygen atoms in total. The topological polar surface area (TPSA) is 64.8 Å². The molecule has 4 rings (SSSR count). The molecule has 2 N–H and O–H groups in total. The highest BCUT2D eigenvalue weighted by Crippen LogP contribution is 2.25. The lowest BCUT2D eigenvalue weighted by atomic mass is 10.1. The van der Waals surface area contributed by atoms with Crippen LogP contribution in [0.15, 0.2) is 34.3 Å². The van der Waals surface area contributed by atoms with E-state index in [0.717, 1.165) is 46.7 Å². The highest BCUT2D eigenvalue weighted by Gasteiger charge is 2.22. The summed E-state index contributed by atoms with van der Waals surface area (Å²) in [5.74, 6) is 0. The molecule has 24 heavy (non-hydrogen) atoms.